The van der Waals surface area contributed by atoms with Gasteiger partial charge in [0.1, 0.15) is 17.6 Å². The van der Waals surface area contributed by atoms with E-state index in [0.29, 0.717) is 5.69 Å². The molecular weight excluding hydrogens is 225 g/mol. The van der Waals surface area contributed by atoms with Crippen LogP contribution in [0.2, 0.25) is 0 Å². The molecule has 1 heterocycles. The lowest BCUT2D eigenvalue weighted by Crippen LogP contribution is -2.10. The van der Waals surface area contributed by atoms with E-state index >= 15 is 0 Å². The number of halogens is 1. The molecular formula is C11H12FN3O2. The second kappa shape index (κ2) is 5.03. The third kappa shape index (κ3) is 2.66. The summed E-state index contributed by atoms with van der Waals surface area (Å²) in [5.41, 5.74) is 0.624. The lowest BCUT2D eigenvalue weighted by molar-refractivity contribution is 0.146. The van der Waals surface area contributed by atoms with Gasteiger partial charge in [0, 0.05) is 5.56 Å². The van der Waals surface area contributed by atoms with Crippen LogP contribution in [-0.4, -0.2) is 25.2 Å². The summed E-state index contributed by atoms with van der Waals surface area (Å²) in [5, 5.41) is 26.0. The van der Waals surface area contributed by atoms with Crippen LogP contribution in [0.4, 0.5) is 4.39 Å². The Bertz CT molecular complexity index is 501. The number of hydrogen-bond acceptors (Lipinski definition) is 4. The molecule has 1 atom stereocenters. The van der Waals surface area contributed by atoms with Crippen LogP contribution in [0.1, 0.15) is 17.4 Å². The lowest BCUT2D eigenvalue weighted by Gasteiger charge is -2.11. The van der Waals surface area contributed by atoms with Gasteiger partial charge in [-0.15, -0.1) is 5.10 Å². The molecule has 0 radical (unpaired) electrons. The molecule has 0 bridgehead atoms. The molecule has 2 rings (SSSR count). The summed E-state index contributed by atoms with van der Waals surface area (Å²) < 4.78 is 14.7. The maximum Gasteiger partial charge on any atom is 0.129 e. The summed E-state index contributed by atoms with van der Waals surface area (Å²) in [6.45, 7) is -0.121. The van der Waals surface area contributed by atoms with Crippen molar-refractivity contribution in [3.05, 3.63) is 47.5 Å². The zero-order chi connectivity index (χ0) is 12.3. The van der Waals surface area contributed by atoms with Crippen molar-refractivity contribution in [3.8, 4) is 0 Å². The van der Waals surface area contributed by atoms with Crippen LogP contribution >= 0.6 is 0 Å². The quantitative estimate of drug-likeness (QED) is 0.818. The first kappa shape index (κ1) is 11.7. The molecule has 0 amide bonds. The number of aliphatic hydroxyl groups is 2. The van der Waals surface area contributed by atoms with E-state index in [1.807, 2.05) is 0 Å². The number of aromatic nitrogens is 3. The van der Waals surface area contributed by atoms with E-state index in [0.717, 1.165) is 0 Å². The van der Waals surface area contributed by atoms with E-state index in [9.17, 15) is 9.50 Å². The Kier molecular flexibility index (Phi) is 3.46. The molecule has 0 saturated carbocycles. The van der Waals surface area contributed by atoms with Crippen LogP contribution in [-0.2, 0) is 13.2 Å². The van der Waals surface area contributed by atoms with Crippen molar-refractivity contribution in [1.29, 1.82) is 0 Å². The van der Waals surface area contributed by atoms with Gasteiger partial charge in [-0.05, 0) is 6.07 Å². The summed E-state index contributed by atoms with van der Waals surface area (Å²) in [4.78, 5) is 0. The second-order valence-corrected chi connectivity index (χ2v) is 3.63. The average molecular weight is 237 g/mol. The van der Waals surface area contributed by atoms with Gasteiger partial charge in [0.05, 0.1) is 19.3 Å². The number of aliphatic hydroxyl groups excluding tert-OH is 2. The number of nitrogens with zero attached hydrogens (tertiary/aromatic N) is 3. The highest BCUT2D eigenvalue weighted by Crippen LogP contribution is 2.17. The van der Waals surface area contributed by atoms with Gasteiger partial charge in [-0.1, -0.05) is 23.4 Å². The minimum Gasteiger partial charge on any atom is -0.390 e. The van der Waals surface area contributed by atoms with Crippen molar-refractivity contribution in [3.63, 3.8) is 0 Å². The highest BCUT2D eigenvalue weighted by atomic mass is 19.1. The molecule has 0 aliphatic rings. The Labute approximate surface area is 97.1 Å². The summed E-state index contributed by atoms with van der Waals surface area (Å²) >= 11 is 0. The van der Waals surface area contributed by atoms with E-state index < -0.39 is 11.9 Å². The third-order valence-electron chi connectivity index (χ3n) is 2.37. The van der Waals surface area contributed by atoms with Gasteiger partial charge < -0.3 is 10.2 Å². The average Bonchev–Trinajstić information content (AvgIpc) is 2.77. The largest absolute Gasteiger partial charge is 0.390 e. The monoisotopic (exact) mass is 237 g/mol. The van der Waals surface area contributed by atoms with Crippen LogP contribution in [0.15, 0.2) is 30.5 Å². The summed E-state index contributed by atoms with van der Waals surface area (Å²) in [6.07, 6.45) is 0.508. The molecule has 1 aromatic heterocycles. The Hall–Kier alpha value is -1.79. The molecule has 2 N–H and O–H groups in total. The van der Waals surface area contributed by atoms with Gasteiger partial charge in [-0.3, -0.25) is 0 Å². The molecule has 0 aliphatic heterocycles. The van der Waals surface area contributed by atoms with Gasteiger partial charge in [0.25, 0.3) is 0 Å². The normalized spacial score (nSPS) is 12.6. The fourth-order valence-electron chi connectivity index (χ4n) is 1.52. The Balaban J connectivity index is 2.11. The van der Waals surface area contributed by atoms with Gasteiger partial charge in [0.2, 0.25) is 0 Å². The fourth-order valence-corrected chi connectivity index (χ4v) is 1.52. The first-order valence-corrected chi connectivity index (χ1v) is 5.13. The molecule has 17 heavy (non-hydrogen) atoms. The second-order valence-electron chi connectivity index (χ2n) is 3.63. The lowest BCUT2D eigenvalue weighted by atomic mass is 10.1. The molecule has 0 saturated heterocycles. The van der Waals surface area contributed by atoms with E-state index in [1.54, 1.807) is 12.1 Å². The van der Waals surface area contributed by atoms with Gasteiger partial charge in [-0.2, -0.15) is 0 Å². The summed E-state index contributed by atoms with van der Waals surface area (Å²) in [6, 6.07) is 6.02. The SMILES string of the molecule is OCc1cn(C[C@H](O)c2ccccc2F)nn1. The van der Waals surface area contributed by atoms with Crippen LogP contribution in [0, 0.1) is 5.82 Å². The van der Waals surface area contributed by atoms with Crippen molar-refractivity contribution in [2.24, 2.45) is 0 Å². The van der Waals surface area contributed by atoms with E-state index in [2.05, 4.69) is 10.3 Å². The van der Waals surface area contributed by atoms with Crippen molar-refractivity contribution in [1.82, 2.24) is 15.0 Å². The van der Waals surface area contributed by atoms with Crippen LogP contribution in [0.3, 0.4) is 0 Å². The highest BCUT2D eigenvalue weighted by Gasteiger charge is 2.13. The highest BCUT2D eigenvalue weighted by molar-refractivity contribution is 5.19. The van der Waals surface area contributed by atoms with Crippen LogP contribution in [0.25, 0.3) is 0 Å². The molecule has 2 aromatic rings. The standard InChI is InChI=1S/C11H12FN3O2/c12-10-4-2-1-3-9(10)11(17)6-15-5-8(7-16)13-14-15/h1-5,11,16-17H,6-7H2/t11-/m0/s1. The predicted molar refractivity (Wildman–Crippen MR) is 57.3 cm³/mol. The molecule has 0 aliphatic carbocycles. The van der Waals surface area contributed by atoms with E-state index in [4.69, 9.17) is 5.11 Å². The molecule has 0 unspecified atom stereocenters. The number of hydrogen-bond donors (Lipinski definition) is 2. The van der Waals surface area contributed by atoms with Crippen molar-refractivity contribution in [2.75, 3.05) is 0 Å². The molecule has 5 nitrogen and oxygen atoms in total. The van der Waals surface area contributed by atoms with Gasteiger partial charge in [-0.25, -0.2) is 9.07 Å². The molecule has 1 aromatic carbocycles. The third-order valence-corrected chi connectivity index (χ3v) is 2.37. The summed E-state index contributed by atoms with van der Waals surface area (Å²) in [7, 11) is 0. The molecule has 0 fully saturated rings. The minimum absolute atomic E-state index is 0.0912. The topological polar surface area (TPSA) is 71.2 Å². The first-order chi connectivity index (χ1) is 8.20. The van der Waals surface area contributed by atoms with Crippen LogP contribution < -0.4 is 0 Å². The van der Waals surface area contributed by atoms with Crippen molar-refractivity contribution in [2.45, 2.75) is 19.3 Å². The zero-order valence-electron chi connectivity index (χ0n) is 8.99. The Morgan fingerprint density at radius 1 is 1.35 bits per heavy atom. The van der Waals surface area contributed by atoms with Gasteiger partial charge in [0.15, 0.2) is 0 Å². The van der Waals surface area contributed by atoms with E-state index in [-0.39, 0.29) is 18.7 Å². The molecule has 6 heteroatoms. The van der Waals surface area contributed by atoms with Crippen molar-refractivity contribution < 1.29 is 14.6 Å². The van der Waals surface area contributed by atoms with E-state index in [1.165, 1.54) is 23.0 Å². The molecule has 90 valence electrons. The zero-order valence-corrected chi connectivity index (χ0v) is 8.99. The Morgan fingerprint density at radius 3 is 2.76 bits per heavy atom. The fraction of sp³-hybridized carbons (Fsp3) is 0.273. The minimum atomic E-state index is -0.996. The van der Waals surface area contributed by atoms with Crippen LogP contribution in [0.5, 0.6) is 0 Å². The maximum atomic E-state index is 13.4. The Morgan fingerprint density at radius 2 is 2.12 bits per heavy atom. The first-order valence-electron chi connectivity index (χ1n) is 5.13. The van der Waals surface area contributed by atoms with Gasteiger partial charge >= 0.3 is 0 Å². The smallest absolute Gasteiger partial charge is 0.129 e. The number of benzene rings is 1. The summed E-state index contributed by atoms with van der Waals surface area (Å²) in [5.74, 6) is -0.456. The predicted octanol–water partition coefficient (Wildman–Crippen LogP) is 0.643. The molecule has 0 spiro atoms. The van der Waals surface area contributed by atoms with Crippen molar-refractivity contribution >= 4 is 0 Å². The maximum absolute atomic E-state index is 13.4. The number of rotatable bonds is 4.